The van der Waals surface area contributed by atoms with Gasteiger partial charge in [0.2, 0.25) is 0 Å². The van der Waals surface area contributed by atoms with Crippen LogP contribution in [0.1, 0.15) is 0 Å². The maximum Gasteiger partial charge on any atom is 0 e. The van der Waals surface area contributed by atoms with Gasteiger partial charge in [0, 0.05) is 30.2 Å². The van der Waals surface area contributed by atoms with Crippen LogP contribution in [0, 0.1) is 13.3 Å². The molecule has 8 N–H and O–H groups in total. The fourth-order valence-corrected chi connectivity index (χ4v) is 0. The van der Waals surface area contributed by atoms with Crippen LogP contribution < -0.4 is 22.9 Å². The maximum absolute atomic E-state index is 7.50. The number of nitrogens with two attached hydrogens (primary N) is 4. The van der Waals surface area contributed by atoms with Crippen LogP contribution in [0.25, 0.3) is 0 Å². The fourth-order valence-electron chi connectivity index (χ4n) is 0. The standard InChI is InChI=1S/2C2H8N2S.2CO.Fe/c2*3-1-2(4)5;2*1-2;/h2*2,5H,1,3-4H2;;;. The maximum atomic E-state index is 7.50. The predicted octanol–water partition coefficient (Wildman–Crippen LogP) is -1.76. The molecule has 6 nitrogen and oxygen atoms in total. The molecule has 0 heterocycles. The molecular formula is C6H16FeN4O2S2. The summed E-state index contributed by atoms with van der Waals surface area (Å²) in [4.78, 5) is 0. The van der Waals surface area contributed by atoms with Crippen molar-refractivity contribution >= 4 is 25.3 Å². The Morgan fingerprint density at radius 3 is 0.933 bits per heavy atom. The summed E-state index contributed by atoms with van der Waals surface area (Å²) in [6.45, 7) is 9.90. The van der Waals surface area contributed by atoms with E-state index in [4.69, 9.17) is 32.2 Å². The molecule has 0 aliphatic heterocycles. The molecule has 0 radical (unpaired) electrons. The quantitative estimate of drug-likeness (QED) is 0.118. The summed E-state index contributed by atoms with van der Waals surface area (Å²) >= 11 is 7.50. The molecule has 2 unspecified atom stereocenters. The molecule has 0 aromatic rings. The minimum Gasteiger partial charge on any atom is 0 e. The van der Waals surface area contributed by atoms with E-state index < -0.39 is 0 Å². The van der Waals surface area contributed by atoms with Gasteiger partial charge in [-0.2, -0.15) is 25.3 Å². The van der Waals surface area contributed by atoms with Crippen molar-refractivity contribution in [3.8, 4) is 0 Å². The Hall–Kier alpha value is 0.539. The van der Waals surface area contributed by atoms with Gasteiger partial charge >= 0.3 is 22.6 Å². The van der Waals surface area contributed by atoms with Gasteiger partial charge in [-0.1, -0.05) is 0 Å². The average Bonchev–Trinajstić information content (AvgIpc) is 2.24. The zero-order valence-corrected chi connectivity index (χ0v) is 10.8. The molecule has 0 bridgehead atoms. The topological polar surface area (TPSA) is 144 Å². The summed E-state index contributed by atoms with van der Waals surface area (Å²) in [7, 11) is 0. The smallest absolute Gasteiger partial charge is 0 e. The summed E-state index contributed by atoms with van der Waals surface area (Å²) in [5.41, 5.74) is 20.0. The molecule has 0 saturated carbocycles. The van der Waals surface area contributed by atoms with Crippen molar-refractivity contribution in [2.24, 2.45) is 22.9 Å². The molecule has 0 spiro atoms. The molecule has 0 amide bonds. The normalized spacial score (nSPS) is 10.3. The van der Waals surface area contributed by atoms with Crippen LogP contribution in [-0.4, -0.2) is 23.8 Å². The monoisotopic (exact) mass is 296 g/mol. The largest absolute Gasteiger partial charge is 0 e. The van der Waals surface area contributed by atoms with Gasteiger partial charge in [-0.15, -0.1) is 0 Å². The van der Waals surface area contributed by atoms with E-state index in [-0.39, 0.29) is 27.8 Å². The Bertz CT molecular complexity index is 110. The fraction of sp³-hybridized carbons (Fsp3) is 0.667. The number of hydrogen-bond donors (Lipinski definition) is 6. The van der Waals surface area contributed by atoms with Gasteiger partial charge in [-0.3, -0.25) is 0 Å². The minimum atomic E-state index is -0.144. The van der Waals surface area contributed by atoms with Crippen LogP contribution in [0.2, 0.25) is 0 Å². The first-order chi connectivity index (χ1) is 6.54. The first-order valence-corrected chi connectivity index (χ1v) is 4.26. The molecule has 15 heavy (non-hydrogen) atoms. The molecular weight excluding hydrogens is 280 g/mol. The van der Waals surface area contributed by atoms with Crippen LogP contribution in [-0.2, 0) is 26.4 Å². The van der Waals surface area contributed by atoms with Gasteiger partial charge in [0.05, 0.1) is 10.7 Å². The number of hydrogen-bond acceptors (Lipinski definition) is 6. The first kappa shape index (κ1) is 29.6. The van der Waals surface area contributed by atoms with Crippen molar-refractivity contribution in [1.29, 1.82) is 0 Å². The molecule has 0 aliphatic rings. The van der Waals surface area contributed by atoms with Gasteiger partial charge < -0.3 is 22.9 Å². The molecule has 2 atom stereocenters. The van der Waals surface area contributed by atoms with E-state index in [1.165, 1.54) is 0 Å². The summed E-state index contributed by atoms with van der Waals surface area (Å²) < 4.78 is 15.0. The van der Waals surface area contributed by atoms with Crippen molar-refractivity contribution in [3.05, 3.63) is 13.3 Å². The van der Waals surface area contributed by atoms with E-state index in [9.17, 15) is 0 Å². The Morgan fingerprint density at radius 2 is 0.933 bits per heavy atom. The van der Waals surface area contributed by atoms with Crippen LogP contribution in [0.5, 0.6) is 0 Å². The van der Waals surface area contributed by atoms with E-state index in [0.717, 1.165) is 0 Å². The summed E-state index contributed by atoms with van der Waals surface area (Å²) in [6, 6.07) is 0. The van der Waals surface area contributed by atoms with Crippen molar-refractivity contribution in [1.82, 2.24) is 0 Å². The van der Waals surface area contributed by atoms with Crippen molar-refractivity contribution in [2.45, 2.75) is 10.7 Å². The van der Waals surface area contributed by atoms with Gasteiger partial charge in [-0.05, 0) is 0 Å². The Morgan fingerprint density at radius 1 is 0.867 bits per heavy atom. The van der Waals surface area contributed by atoms with Gasteiger partial charge in [0.15, 0.2) is 0 Å². The first-order valence-electron chi connectivity index (χ1n) is 3.22. The van der Waals surface area contributed by atoms with Crippen molar-refractivity contribution in [2.75, 3.05) is 13.1 Å². The van der Waals surface area contributed by atoms with Gasteiger partial charge in [0.1, 0.15) is 0 Å². The van der Waals surface area contributed by atoms with E-state index in [2.05, 4.69) is 38.6 Å². The van der Waals surface area contributed by atoms with E-state index in [1.807, 2.05) is 0 Å². The Kier molecular flexibility index (Phi) is 72.1. The third-order valence-electron chi connectivity index (χ3n) is 0.483. The second-order valence-corrected chi connectivity index (χ2v) is 2.93. The second-order valence-electron chi connectivity index (χ2n) is 1.61. The van der Waals surface area contributed by atoms with Gasteiger partial charge in [-0.25, -0.2) is 0 Å². The molecule has 0 saturated heterocycles. The van der Waals surface area contributed by atoms with E-state index >= 15 is 0 Å². The summed E-state index contributed by atoms with van der Waals surface area (Å²) in [6.07, 6.45) is 0. The Labute approximate surface area is 112 Å². The molecule has 92 valence electrons. The van der Waals surface area contributed by atoms with Crippen molar-refractivity contribution in [3.63, 3.8) is 0 Å². The Balaban J connectivity index is -0.0000000318. The number of rotatable bonds is 2. The molecule has 9 heteroatoms. The van der Waals surface area contributed by atoms with Gasteiger partial charge in [0.25, 0.3) is 0 Å². The third kappa shape index (κ3) is 111. The van der Waals surface area contributed by atoms with Crippen LogP contribution in [0.15, 0.2) is 0 Å². The van der Waals surface area contributed by atoms with Crippen LogP contribution in [0.3, 0.4) is 0 Å². The predicted molar refractivity (Wildman–Crippen MR) is 59.9 cm³/mol. The molecule has 0 aliphatic carbocycles. The second kappa shape index (κ2) is 36.6. The average molecular weight is 296 g/mol. The minimum absolute atomic E-state index is 0. The number of thiol groups is 2. The molecule has 0 aromatic carbocycles. The summed E-state index contributed by atoms with van der Waals surface area (Å²) in [5.74, 6) is 0. The summed E-state index contributed by atoms with van der Waals surface area (Å²) in [5, 5.41) is -0.287. The third-order valence-corrected chi connectivity index (χ3v) is 0.905. The van der Waals surface area contributed by atoms with Crippen molar-refractivity contribution < 1.29 is 26.4 Å². The SMILES string of the molecule is NCC(N)S.NCC(N)S.[C-]#[O+].[C-]#[O+].[Fe]. The van der Waals surface area contributed by atoms with Crippen LogP contribution >= 0.6 is 25.3 Å². The molecule has 0 aromatic heterocycles. The van der Waals surface area contributed by atoms with E-state index in [1.54, 1.807) is 0 Å². The van der Waals surface area contributed by atoms with Crippen LogP contribution in [0.4, 0.5) is 0 Å². The zero-order chi connectivity index (χ0) is 12.6. The zero-order valence-electron chi connectivity index (χ0n) is 7.94. The van der Waals surface area contributed by atoms with E-state index in [0.29, 0.717) is 13.1 Å². The molecule has 0 rings (SSSR count). The molecule has 0 fully saturated rings.